The van der Waals surface area contributed by atoms with Crippen LogP contribution in [0.2, 0.25) is 1.41 Å². The zero-order chi connectivity index (χ0) is 17.7. The number of hydrogen-bond donors (Lipinski definition) is 2. The van der Waals surface area contributed by atoms with E-state index in [1.165, 1.54) is 4.57 Å². The molecule has 4 aromatic rings. The van der Waals surface area contributed by atoms with E-state index in [2.05, 4.69) is 20.3 Å². The van der Waals surface area contributed by atoms with E-state index in [0.717, 1.165) is 32.7 Å². The fourth-order valence-corrected chi connectivity index (χ4v) is 2.70. The van der Waals surface area contributed by atoms with E-state index in [4.69, 9.17) is 1.41 Å². The Bertz CT molecular complexity index is 1190. The molecule has 0 aliphatic carbocycles. The van der Waals surface area contributed by atoms with Crippen LogP contribution in [-0.2, 0) is 7.05 Å². The summed E-state index contributed by atoms with van der Waals surface area (Å²) in [5.41, 5.74) is 4.26. The number of aryl methyl sites for hydroxylation is 3. The van der Waals surface area contributed by atoms with Crippen LogP contribution in [0.5, 0.6) is 0 Å². The molecule has 7 nitrogen and oxygen atoms in total. The zero-order valence-electron chi connectivity index (χ0n) is 14.5. The highest BCUT2D eigenvalue weighted by Gasteiger charge is 2.09. The smallest absolute Gasteiger partial charge is 0.324 e. The quantitative estimate of drug-likeness (QED) is 0.592. The number of fused-ring (bicyclic) bond motifs is 2. The van der Waals surface area contributed by atoms with Gasteiger partial charge in [-0.3, -0.25) is 14.5 Å². The molecule has 0 spiro atoms. The van der Waals surface area contributed by atoms with Crippen molar-refractivity contribution in [2.75, 3.05) is 5.32 Å². The molecule has 0 radical (unpaired) electrons. The number of aromatic amines is 1. The van der Waals surface area contributed by atoms with Gasteiger partial charge in [-0.05, 0) is 43.2 Å². The number of hydrogen-bond acceptors (Lipinski definition) is 5. The van der Waals surface area contributed by atoms with Gasteiger partial charge in [-0.1, -0.05) is 0 Å². The molecule has 0 saturated heterocycles. The molecule has 1 aromatic carbocycles. The Morgan fingerprint density at radius 1 is 1.25 bits per heavy atom. The maximum absolute atomic E-state index is 11.8. The van der Waals surface area contributed by atoms with Gasteiger partial charge >= 0.3 is 5.69 Å². The molecule has 0 amide bonds. The Hall–Kier alpha value is -3.22. The topological polar surface area (TPSA) is 88.5 Å². The SMILES string of the molecule is [2H]n1c(=O)n(C)c2cnc(Nc3cc4c(C)ccnc4cc3C)nc21. The maximum atomic E-state index is 11.8. The molecule has 3 aromatic heterocycles. The average molecular weight is 321 g/mol. The number of pyridine rings is 1. The lowest BCUT2D eigenvalue weighted by molar-refractivity contribution is 0.890. The molecule has 0 aliphatic rings. The monoisotopic (exact) mass is 321 g/mol. The van der Waals surface area contributed by atoms with Crippen LogP contribution in [0.1, 0.15) is 11.1 Å². The van der Waals surface area contributed by atoms with Gasteiger partial charge in [0.25, 0.3) is 0 Å². The summed E-state index contributed by atoms with van der Waals surface area (Å²) in [4.78, 5) is 25.6. The van der Waals surface area contributed by atoms with Crippen LogP contribution in [0.3, 0.4) is 0 Å². The molecule has 0 bridgehead atoms. The van der Waals surface area contributed by atoms with Crippen molar-refractivity contribution < 1.29 is 1.41 Å². The van der Waals surface area contributed by atoms with E-state index in [0.29, 0.717) is 11.5 Å². The van der Waals surface area contributed by atoms with Crippen molar-refractivity contribution in [3.05, 3.63) is 52.2 Å². The molecular weight excluding hydrogens is 304 g/mol. The second-order valence-corrected chi connectivity index (χ2v) is 5.79. The van der Waals surface area contributed by atoms with Gasteiger partial charge in [0.05, 0.1) is 11.7 Å². The van der Waals surface area contributed by atoms with Crippen LogP contribution in [0, 0.1) is 13.8 Å². The first-order chi connectivity index (χ1) is 12.0. The first-order valence-electron chi connectivity index (χ1n) is 7.97. The van der Waals surface area contributed by atoms with E-state index < -0.39 is 5.69 Å². The summed E-state index contributed by atoms with van der Waals surface area (Å²) in [7, 11) is 1.59. The van der Waals surface area contributed by atoms with E-state index in [1.54, 1.807) is 19.4 Å². The van der Waals surface area contributed by atoms with Crippen molar-refractivity contribution in [3.63, 3.8) is 0 Å². The van der Waals surface area contributed by atoms with Crippen molar-refractivity contribution in [1.29, 1.82) is 0 Å². The second-order valence-electron chi connectivity index (χ2n) is 5.79. The number of imidazole rings is 1. The van der Waals surface area contributed by atoms with Crippen LogP contribution in [0.25, 0.3) is 22.1 Å². The lowest BCUT2D eigenvalue weighted by atomic mass is 10.1. The van der Waals surface area contributed by atoms with Gasteiger partial charge in [0.1, 0.15) is 5.52 Å². The predicted molar refractivity (Wildman–Crippen MR) is 93.6 cm³/mol. The largest absolute Gasteiger partial charge is 0.327 e. The Labute approximate surface area is 138 Å². The minimum absolute atomic E-state index is 0.265. The summed E-state index contributed by atoms with van der Waals surface area (Å²) < 4.78 is 9.17. The molecule has 120 valence electrons. The fraction of sp³-hybridized carbons (Fsp3) is 0.176. The molecule has 7 heteroatoms. The molecule has 0 unspecified atom stereocenters. The van der Waals surface area contributed by atoms with Gasteiger partial charge in [0.2, 0.25) is 5.95 Å². The van der Waals surface area contributed by atoms with Crippen molar-refractivity contribution in [2.24, 2.45) is 7.05 Å². The minimum atomic E-state index is -0.454. The molecule has 2 N–H and O–H groups in total. The molecular formula is C17H16N6O. The lowest BCUT2D eigenvalue weighted by Crippen LogP contribution is -2.11. The molecule has 0 atom stereocenters. The number of H-pyrrole nitrogens is 1. The van der Waals surface area contributed by atoms with E-state index >= 15 is 0 Å². The van der Waals surface area contributed by atoms with Gasteiger partial charge in [-0.25, -0.2) is 9.78 Å². The fourth-order valence-electron chi connectivity index (χ4n) is 2.70. The molecule has 3 heterocycles. The number of nitrogens with one attached hydrogen (secondary N) is 2. The highest BCUT2D eigenvalue weighted by Crippen LogP contribution is 2.26. The number of anilines is 2. The van der Waals surface area contributed by atoms with Gasteiger partial charge in [0, 0.05) is 24.3 Å². The summed E-state index contributed by atoms with van der Waals surface area (Å²) in [6.07, 6.45) is 3.34. The third-order valence-corrected chi connectivity index (χ3v) is 4.15. The normalized spacial score (nSPS) is 11.9. The molecule has 0 aliphatic heterocycles. The maximum Gasteiger partial charge on any atom is 0.327 e. The molecule has 4 rings (SSSR count). The van der Waals surface area contributed by atoms with Crippen molar-refractivity contribution >= 4 is 33.7 Å². The zero-order valence-corrected chi connectivity index (χ0v) is 13.5. The number of rotatable bonds is 2. The van der Waals surface area contributed by atoms with Crippen LogP contribution < -0.4 is 11.0 Å². The summed E-state index contributed by atoms with van der Waals surface area (Å²) in [5.74, 6) is 0.336. The molecule has 0 saturated carbocycles. The molecule has 24 heavy (non-hydrogen) atoms. The third kappa shape index (κ3) is 2.21. The Morgan fingerprint density at radius 3 is 2.92 bits per heavy atom. The van der Waals surface area contributed by atoms with Crippen LogP contribution in [0.4, 0.5) is 11.6 Å². The predicted octanol–water partition coefficient (Wildman–Crippen LogP) is 2.57. The number of benzene rings is 1. The Balaban J connectivity index is 1.82. The van der Waals surface area contributed by atoms with Crippen LogP contribution in [-0.4, -0.2) is 24.5 Å². The lowest BCUT2D eigenvalue weighted by Gasteiger charge is -2.10. The van der Waals surface area contributed by atoms with E-state index in [9.17, 15) is 4.79 Å². The second kappa shape index (κ2) is 5.16. The summed E-state index contributed by atoms with van der Waals surface area (Å²) in [6.45, 7) is 4.02. The van der Waals surface area contributed by atoms with Gasteiger partial charge in [-0.15, -0.1) is 0 Å². The van der Waals surface area contributed by atoms with E-state index in [-0.39, 0.29) is 5.65 Å². The summed E-state index contributed by atoms with van der Waals surface area (Å²) in [6, 6.07) is 5.98. The van der Waals surface area contributed by atoms with Crippen molar-refractivity contribution in [2.45, 2.75) is 13.8 Å². The van der Waals surface area contributed by atoms with Crippen LogP contribution in [0.15, 0.2) is 35.4 Å². The van der Waals surface area contributed by atoms with Gasteiger partial charge in [-0.2, -0.15) is 4.98 Å². The highest BCUT2D eigenvalue weighted by molar-refractivity contribution is 5.87. The summed E-state index contributed by atoms with van der Waals surface area (Å²) >= 11 is 0. The van der Waals surface area contributed by atoms with Crippen molar-refractivity contribution in [1.82, 2.24) is 24.5 Å². The minimum Gasteiger partial charge on any atom is -0.324 e. The Kier molecular flexibility index (Phi) is 2.84. The number of nitrogens with zero attached hydrogens (tertiary/aromatic N) is 4. The molecule has 0 fully saturated rings. The third-order valence-electron chi connectivity index (χ3n) is 4.15. The first-order valence-corrected chi connectivity index (χ1v) is 7.52. The van der Waals surface area contributed by atoms with Crippen molar-refractivity contribution in [3.8, 4) is 0 Å². The first kappa shape index (κ1) is 13.2. The average Bonchev–Trinajstić information content (AvgIpc) is 2.81. The highest BCUT2D eigenvalue weighted by atomic mass is 16.1. The van der Waals surface area contributed by atoms with E-state index in [1.807, 2.05) is 32.0 Å². The van der Waals surface area contributed by atoms with Gasteiger partial charge < -0.3 is 5.32 Å². The summed E-state index contributed by atoms with van der Waals surface area (Å²) in [5, 5.41) is 4.23. The standard InChI is InChI=1S/C17H16N6O/c1-9-4-5-18-13-6-10(2)12(7-11(9)13)20-16-19-8-14-15(21-16)22-17(24)23(14)3/h4-8H,1-3H3,(H2,19,20,21,22,24)/i/hD. The van der Waals surface area contributed by atoms with Gasteiger partial charge in [0.15, 0.2) is 7.06 Å². The Morgan fingerprint density at radius 2 is 2.08 bits per heavy atom. The van der Waals surface area contributed by atoms with Crippen LogP contribution >= 0.6 is 0 Å². The number of aromatic nitrogens is 5.